The molecule has 1 N–H and O–H groups in total. The highest BCUT2D eigenvalue weighted by Gasteiger charge is 2.34. The van der Waals surface area contributed by atoms with Crippen LogP contribution in [-0.2, 0) is 4.79 Å². The summed E-state index contributed by atoms with van der Waals surface area (Å²) in [4.78, 5) is 37.9. The van der Waals surface area contributed by atoms with Crippen molar-refractivity contribution in [1.29, 1.82) is 0 Å². The number of anilines is 1. The van der Waals surface area contributed by atoms with Crippen molar-refractivity contribution in [2.24, 2.45) is 0 Å². The van der Waals surface area contributed by atoms with Crippen LogP contribution >= 0.6 is 0 Å². The van der Waals surface area contributed by atoms with Crippen molar-refractivity contribution in [3.63, 3.8) is 0 Å². The highest BCUT2D eigenvalue weighted by molar-refractivity contribution is 6.21. The summed E-state index contributed by atoms with van der Waals surface area (Å²) in [5.41, 5.74) is 3.82. The van der Waals surface area contributed by atoms with Gasteiger partial charge in [-0.15, -0.1) is 0 Å². The Balaban J connectivity index is 1.55. The van der Waals surface area contributed by atoms with Crippen LogP contribution < -0.4 is 5.32 Å². The number of rotatable bonds is 5. The monoisotopic (exact) mass is 336 g/mol. The van der Waals surface area contributed by atoms with Crippen LogP contribution in [-0.4, -0.2) is 29.2 Å². The number of nitrogens with zero attached hydrogens (tertiary/aromatic N) is 1. The van der Waals surface area contributed by atoms with E-state index in [1.165, 1.54) is 4.90 Å². The normalized spacial score (nSPS) is 13.1. The molecule has 0 fully saturated rings. The first-order chi connectivity index (χ1) is 12.0. The number of carbonyl (C=O) groups is 3. The molecule has 1 heterocycles. The smallest absolute Gasteiger partial charge is 0.261 e. The Morgan fingerprint density at radius 1 is 0.960 bits per heavy atom. The van der Waals surface area contributed by atoms with Gasteiger partial charge in [0.15, 0.2) is 0 Å². The number of hydrogen-bond donors (Lipinski definition) is 1. The van der Waals surface area contributed by atoms with Gasteiger partial charge < -0.3 is 5.32 Å². The standard InChI is InChI=1S/C20H20N2O3/c1-13-7-5-10-17(14(13)2)21-18(23)11-6-12-22-19(24)15-8-3-4-9-16(15)20(22)25/h3-5,7-10H,6,11-12H2,1-2H3,(H,21,23). The van der Waals surface area contributed by atoms with Gasteiger partial charge in [-0.05, 0) is 49.6 Å². The number of hydrogen-bond acceptors (Lipinski definition) is 3. The summed E-state index contributed by atoms with van der Waals surface area (Å²) < 4.78 is 0. The minimum atomic E-state index is -0.282. The summed E-state index contributed by atoms with van der Waals surface area (Å²) in [5, 5.41) is 2.89. The summed E-state index contributed by atoms with van der Waals surface area (Å²) >= 11 is 0. The average Bonchev–Trinajstić information content (AvgIpc) is 2.84. The molecule has 1 aliphatic heterocycles. The van der Waals surface area contributed by atoms with Gasteiger partial charge in [-0.3, -0.25) is 19.3 Å². The highest BCUT2D eigenvalue weighted by atomic mass is 16.2. The van der Waals surface area contributed by atoms with E-state index < -0.39 is 0 Å². The maximum Gasteiger partial charge on any atom is 0.261 e. The van der Waals surface area contributed by atoms with Gasteiger partial charge in [-0.1, -0.05) is 24.3 Å². The third-order valence-corrected chi connectivity index (χ3v) is 4.54. The SMILES string of the molecule is Cc1cccc(NC(=O)CCCN2C(=O)c3ccccc3C2=O)c1C. The zero-order chi connectivity index (χ0) is 18.0. The van der Waals surface area contributed by atoms with Gasteiger partial charge in [0, 0.05) is 18.7 Å². The van der Waals surface area contributed by atoms with Crippen molar-refractivity contribution in [1.82, 2.24) is 4.90 Å². The lowest BCUT2D eigenvalue weighted by molar-refractivity contribution is -0.116. The van der Waals surface area contributed by atoms with Crippen molar-refractivity contribution >= 4 is 23.4 Å². The Morgan fingerprint density at radius 3 is 2.24 bits per heavy atom. The molecule has 0 radical (unpaired) electrons. The second-order valence-corrected chi connectivity index (χ2v) is 6.21. The zero-order valence-electron chi connectivity index (χ0n) is 14.3. The van der Waals surface area contributed by atoms with Crippen molar-refractivity contribution in [3.8, 4) is 0 Å². The summed E-state index contributed by atoms with van der Waals surface area (Å²) in [6.45, 7) is 4.20. The summed E-state index contributed by atoms with van der Waals surface area (Å²) in [7, 11) is 0. The molecule has 5 nitrogen and oxygen atoms in total. The Morgan fingerprint density at radius 2 is 1.60 bits per heavy atom. The predicted molar refractivity (Wildman–Crippen MR) is 95.6 cm³/mol. The molecular formula is C20H20N2O3. The number of fused-ring (bicyclic) bond motifs is 1. The Hall–Kier alpha value is -2.95. The van der Waals surface area contributed by atoms with Crippen molar-refractivity contribution in [3.05, 3.63) is 64.7 Å². The molecule has 0 aliphatic carbocycles. The van der Waals surface area contributed by atoms with E-state index in [0.29, 0.717) is 17.5 Å². The topological polar surface area (TPSA) is 66.5 Å². The Kier molecular flexibility index (Phi) is 4.65. The first-order valence-electron chi connectivity index (χ1n) is 8.30. The van der Waals surface area contributed by atoms with Gasteiger partial charge in [0.25, 0.3) is 11.8 Å². The molecular weight excluding hydrogens is 316 g/mol. The number of aryl methyl sites for hydroxylation is 1. The molecule has 25 heavy (non-hydrogen) atoms. The summed E-state index contributed by atoms with van der Waals surface area (Å²) in [6.07, 6.45) is 0.683. The summed E-state index contributed by atoms with van der Waals surface area (Å²) in [5.74, 6) is -0.684. The fourth-order valence-corrected chi connectivity index (χ4v) is 2.94. The van der Waals surface area contributed by atoms with E-state index >= 15 is 0 Å². The molecule has 1 aliphatic rings. The van der Waals surface area contributed by atoms with Crippen LogP contribution in [0, 0.1) is 13.8 Å². The van der Waals surface area contributed by atoms with Crippen molar-refractivity contribution in [2.75, 3.05) is 11.9 Å². The molecule has 0 unspecified atom stereocenters. The molecule has 0 bridgehead atoms. The maximum absolute atomic E-state index is 12.3. The van der Waals surface area contributed by atoms with Crippen molar-refractivity contribution < 1.29 is 14.4 Å². The molecule has 3 rings (SSSR count). The van der Waals surface area contributed by atoms with Gasteiger partial charge in [0.2, 0.25) is 5.91 Å². The number of nitrogens with one attached hydrogen (secondary N) is 1. The fraction of sp³-hybridized carbons (Fsp3) is 0.250. The van der Waals surface area contributed by atoms with Gasteiger partial charge in [-0.25, -0.2) is 0 Å². The van der Waals surface area contributed by atoms with E-state index in [9.17, 15) is 14.4 Å². The number of benzene rings is 2. The van der Waals surface area contributed by atoms with E-state index in [4.69, 9.17) is 0 Å². The van der Waals surface area contributed by atoms with Gasteiger partial charge in [-0.2, -0.15) is 0 Å². The van der Waals surface area contributed by atoms with E-state index in [0.717, 1.165) is 16.8 Å². The minimum absolute atomic E-state index is 0.120. The Labute approximate surface area is 146 Å². The van der Waals surface area contributed by atoms with E-state index in [2.05, 4.69) is 5.32 Å². The minimum Gasteiger partial charge on any atom is -0.326 e. The molecule has 5 heteroatoms. The molecule has 0 spiro atoms. The molecule has 3 amide bonds. The van der Waals surface area contributed by atoms with Gasteiger partial charge in [0.05, 0.1) is 11.1 Å². The first-order valence-corrected chi connectivity index (χ1v) is 8.30. The third-order valence-electron chi connectivity index (χ3n) is 4.54. The lowest BCUT2D eigenvalue weighted by atomic mass is 10.1. The molecule has 2 aromatic carbocycles. The zero-order valence-corrected chi connectivity index (χ0v) is 14.3. The molecule has 2 aromatic rings. The van der Waals surface area contributed by atoms with Crippen LogP contribution in [0.1, 0.15) is 44.7 Å². The fourth-order valence-electron chi connectivity index (χ4n) is 2.94. The van der Waals surface area contributed by atoms with E-state index in [1.54, 1.807) is 24.3 Å². The quantitative estimate of drug-likeness (QED) is 0.852. The number of carbonyl (C=O) groups excluding carboxylic acids is 3. The van der Waals surface area contributed by atoms with Crippen LogP contribution in [0.2, 0.25) is 0 Å². The average molecular weight is 336 g/mol. The molecule has 128 valence electrons. The lowest BCUT2D eigenvalue weighted by Gasteiger charge is -2.14. The van der Waals surface area contributed by atoms with Gasteiger partial charge >= 0.3 is 0 Å². The van der Waals surface area contributed by atoms with Crippen LogP contribution in [0.25, 0.3) is 0 Å². The molecule has 0 atom stereocenters. The van der Waals surface area contributed by atoms with Crippen LogP contribution in [0.5, 0.6) is 0 Å². The number of amides is 3. The molecule has 0 saturated carbocycles. The third kappa shape index (κ3) is 3.31. The highest BCUT2D eigenvalue weighted by Crippen LogP contribution is 2.23. The largest absolute Gasteiger partial charge is 0.326 e. The lowest BCUT2D eigenvalue weighted by Crippen LogP contribution is -2.31. The van der Waals surface area contributed by atoms with Crippen LogP contribution in [0.4, 0.5) is 5.69 Å². The molecule has 0 aromatic heterocycles. The van der Waals surface area contributed by atoms with Crippen molar-refractivity contribution in [2.45, 2.75) is 26.7 Å². The van der Waals surface area contributed by atoms with Gasteiger partial charge in [0.1, 0.15) is 0 Å². The second-order valence-electron chi connectivity index (χ2n) is 6.21. The van der Waals surface area contributed by atoms with Crippen LogP contribution in [0.3, 0.4) is 0 Å². The predicted octanol–water partition coefficient (Wildman–Crippen LogP) is 3.32. The first kappa shape index (κ1) is 16.9. The molecule has 0 saturated heterocycles. The second kappa shape index (κ2) is 6.89. The number of imide groups is 1. The summed E-state index contributed by atoms with van der Waals surface area (Å²) in [6, 6.07) is 12.6. The van der Waals surface area contributed by atoms with Crippen LogP contribution in [0.15, 0.2) is 42.5 Å². The van der Waals surface area contributed by atoms with E-state index in [1.807, 2.05) is 32.0 Å². The maximum atomic E-state index is 12.3. The van der Waals surface area contributed by atoms with E-state index in [-0.39, 0.29) is 30.7 Å². The Bertz CT molecular complexity index is 823.